The molecule has 0 radical (unpaired) electrons. The van der Waals surface area contributed by atoms with Crippen LogP contribution < -0.4 is 10.6 Å². The fourth-order valence-corrected chi connectivity index (χ4v) is 3.76. The van der Waals surface area contributed by atoms with Gasteiger partial charge >= 0.3 is 6.09 Å². The predicted octanol–water partition coefficient (Wildman–Crippen LogP) is 2.48. The third-order valence-corrected chi connectivity index (χ3v) is 5.40. The van der Waals surface area contributed by atoms with E-state index in [1.807, 2.05) is 20.8 Å². The van der Waals surface area contributed by atoms with E-state index in [9.17, 15) is 4.79 Å². The number of aliphatic imine (C=N–C) groups is 1. The van der Waals surface area contributed by atoms with Gasteiger partial charge in [-0.1, -0.05) is 13.8 Å². The Morgan fingerprint density at radius 3 is 2.52 bits per heavy atom. The van der Waals surface area contributed by atoms with Crippen molar-refractivity contribution < 1.29 is 9.53 Å². The molecule has 1 aliphatic rings. The number of piperazine rings is 1. The van der Waals surface area contributed by atoms with Gasteiger partial charge in [0.2, 0.25) is 0 Å². The van der Waals surface area contributed by atoms with Crippen LogP contribution in [0.5, 0.6) is 0 Å². The van der Waals surface area contributed by atoms with E-state index >= 15 is 0 Å². The molecule has 1 saturated heterocycles. The molecule has 0 atom stereocenters. The van der Waals surface area contributed by atoms with Gasteiger partial charge in [-0.05, 0) is 26.7 Å². The highest BCUT2D eigenvalue weighted by Gasteiger charge is 2.25. The van der Waals surface area contributed by atoms with Crippen molar-refractivity contribution in [3.05, 3.63) is 16.1 Å². The first-order valence-corrected chi connectivity index (χ1v) is 11.1. The highest BCUT2D eigenvalue weighted by molar-refractivity contribution is 7.09. The zero-order valence-corrected chi connectivity index (χ0v) is 19.4. The Kier molecular flexibility index (Phi) is 8.70. The Morgan fingerprint density at radius 1 is 1.28 bits per heavy atom. The van der Waals surface area contributed by atoms with Crippen molar-refractivity contribution in [1.82, 2.24) is 25.4 Å². The minimum absolute atomic E-state index is 0.220. The van der Waals surface area contributed by atoms with Crippen molar-refractivity contribution >= 4 is 23.4 Å². The van der Waals surface area contributed by atoms with Crippen LogP contribution in [-0.4, -0.2) is 78.8 Å². The van der Waals surface area contributed by atoms with Gasteiger partial charge in [0.05, 0.1) is 12.2 Å². The molecule has 9 heteroatoms. The minimum atomic E-state index is -0.448. The molecule has 164 valence electrons. The van der Waals surface area contributed by atoms with Crippen molar-refractivity contribution in [2.45, 2.75) is 52.7 Å². The SMILES string of the molecule is CN=C(NCCN1CCN(C(=O)OC(C)(C)C)CC1)NCc1nc(C(C)C)cs1. The summed E-state index contributed by atoms with van der Waals surface area (Å²) in [5.41, 5.74) is 0.691. The molecule has 0 unspecified atom stereocenters. The third-order valence-electron chi connectivity index (χ3n) is 4.54. The lowest BCUT2D eigenvalue weighted by atomic mass is 10.2. The summed E-state index contributed by atoms with van der Waals surface area (Å²) in [4.78, 5) is 25.2. The van der Waals surface area contributed by atoms with Crippen LogP contribution in [0, 0.1) is 0 Å². The maximum Gasteiger partial charge on any atom is 0.410 e. The quantitative estimate of drug-likeness (QED) is 0.539. The summed E-state index contributed by atoms with van der Waals surface area (Å²) in [6, 6.07) is 0. The number of amides is 1. The number of ether oxygens (including phenoxy) is 1. The summed E-state index contributed by atoms with van der Waals surface area (Å²) in [6.07, 6.45) is -0.220. The molecule has 0 bridgehead atoms. The molecule has 1 aliphatic heterocycles. The second kappa shape index (κ2) is 10.8. The van der Waals surface area contributed by atoms with Gasteiger partial charge in [0.1, 0.15) is 10.6 Å². The van der Waals surface area contributed by atoms with Crippen molar-refractivity contribution in [3.63, 3.8) is 0 Å². The molecular formula is C20H36N6O2S. The summed E-state index contributed by atoms with van der Waals surface area (Å²) in [5.74, 6) is 1.23. The number of aromatic nitrogens is 1. The number of nitrogens with zero attached hydrogens (tertiary/aromatic N) is 4. The van der Waals surface area contributed by atoms with Crippen molar-refractivity contribution in [3.8, 4) is 0 Å². The highest BCUT2D eigenvalue weighted by atomic mass is 32.1. The van der Waals surface area contributed by atoms with Crippen LogP contribution in [0.2, 0.25) is 0 Å². The van der Waals surface area contributed by atoms with E-state index < -0.39 is 5.60 Å². The smallest absolute Gasteiger partial charge is 0.410 e. The van der Waals surface area contributed by atoms with Gasteiger partial charge in [0.25, 0.3) is 0 Å². The van der Waals surface area contributed by atoms with Gasteiger partial charge in [-0.25, -0.2) is 9.78 Å². The first-order valence-electron chi connectivity index (χ1n) is 10.3. The van der Waals surface area contributed by atoms with Gasteiger partial charge in [-0.3, -0.25) is 9.89 Å². The molecule has 2 rings (SSSR count). The summed E-state index contributed by atoms with van der Waals surface area (Å²) < 4.78 is 5.45. The Balaban J connectivity index is 1.65. The van der Waals surface area contributed by atoms with E-state index in [4.69, 9.17) is 4.74 Å². The lowest BCUT2D eigenvalue weighted by Gasteiger charge is -2.35. The fraction of sp³-hybridized carbons (Fsp3) is 0.750. The molecule has 0 spiro atoms. The van der Waals surface area contributed by atoms with Crippen molar-refractivity contribution in [2.24, 2.45) is 4.99 Å². The van der Waals surface area contributed by atoms with Gasteiger partial charge in [-0.15, -0.1) is 11.3 Å². The van der Waals surface area contributed by atoms with Gasteiger partial charge < -0.3 is 20.3 Å². The summed E-state index contributed by atoms with van der Waals surface area (Å²) in [7, 11) is 1.77. The monoisotopic (exact) mass is 424 g/mol. The standard InChI is InChI=1S/C20H36N6O2S/c1-15(2)16-14-29-17(24-16)13-23-18(21-6)22-7-8-25-9-11-26(12-10-25)19(27)28-20(3,4)5/h14-15H,7-13H2,1-6H3,(H2,21,22,23). The number of nitrogens with one attached hydrogen (secondary N) is 2. The number of carbonyl (C=O) groups is 1. The number of hydrogen-bond donors (Lipinski definition) is 2. The first-order chi connectivity index (χ1) is 13.7. The average Bonchev–Trinajstić information content (AvgIpc) is 3.13. The van der Waals surface area contributed by atoms with Crippen LogP contribution in [0.25, 0.3) is 0 Å². The van der Waals surface area contributed by atoms with E-state index in [1.54, 1.807) is 23.3 Å². The number of hydrogen-bond acceptors (Lipinski definition) is 6. The minimum Gasteiger partial charge on any atom is -0.444 e. The lowest BCUT2D eigenvalue weighted by molar-refractivity contribution is 0.0147. The summed E-state index contributed by atoms with van der Waals surface area (Å²) in [6.45, 7) is 15.5. The molecule has 0 aromatic carbocycles. The van der Waals surface area contributed by atoms with Crippen LogP contribution in [0.4, 0.5) is 4.79 Å². The van der Waals surface area contributed by atoms with E-state index in [-0.39, 0.29) is 6.09 Å². The average molecular weight is 425 g/mol. The molecule has 1 fully saturated rings. The topological polar surface area (TPSA) is 82.1 Å². The van der Waals surface area contributed by atoms with E-state index in [0.717, 1.165) is 42.8 Å². The molecule has 1 aromatic heterocycles. The molecule has 0 saturated carbocycles. The van der Waals surface area contributed by atoms with Gasteiger partial charge in [-0.2, -0.15) is 0 Å². The number of thiazole rings is 1. The zero-order chi connectivity index (χ0) is 21.4. The molecule has 1 aromatic rings. The first kappa shape index (κ1) is 23.4. The molecule has 2 N–H and O–H groups in total. The Bertz CT molecular complexity index is 675. The van der Waals surface area contributed by atoms with Crippen LogP contribution >= 0.6 is 11.3 Å². The Hall–Kier alpha value is -1.87. The lowest BCUT2D eigenvalue weighted by Crippen LogP contribution is -2.51. The summed E-state index contributed by atoms with van der Waals surface area (Å²) >= 11 is 1.68. The fourth-order valence-electron chi connectivity index (χ4n) is 2.86. The van der Waals surface area contributed by atoms with Crippen LogP contribution in [-0.2, 0) is 11.3 Å². The van der Waals surface area contributed by atoms with Crippen LogP contribution in [0.15, 0.2) is 10.4 Å². The van der Waals surface area contributed by atoms with Crippen molar-refractivity contribution in [1.29, 1.82) is 0 Å². The van der Waals surface area contributed by atoms with E-state index in [0.29, 0.717) is 25.6 Å². The number of carbonyl (C=O) groups excluding carboxylic acids is 1. The van der Waals surface area contributed by atoms with Gasteiger partial charge in [0.15, 0.2) is 5.96 Å². The normalized spacial score (nSPS) is 16.2. The summed E-state index contributed by atoms with van der Waals surface area (Å²) in [5, 5.41) is 9.85. The number of rotatable bonds is 6. The van der Waals surface area contributed by atoms with Crippen LogP contribution in [0.1, 0.15) is 51.2 Å². The van der Waals surface area contributed by atoms with E-state index in [2.05, 4.69) is 44.7 Å². The molecular weight excluding hydrogens is 388 g/mol. The molecule has 2 heterocycles. The number of guanidine groups is 1. The third kappa shape index (κ3) is 8.18. The maximum absolute atomic E-state index is 12.1. The largest absolute Gasteiger partial charge is 0.444 e. The molecule has 29 heavy (non-hydrogen) atoms. The Labute approximate surface area is 178 Å². The zero-order valence-electron chi connectivity index (χ0n) is 18.6. The van der Waals surface area contributed by atoms with Crippen molar-refractivity contribution in [2.75, 3.05) is 46.3 Å². The molecule has 8 nitrogen and oxygen atoms in total. The van der Waals surface area contributed by atoms with E-state index in [1.165, 1.54) is 0 Å². The molecule has 1 amide bonds. The van der Waals surface area contributed by atoms with Gasteiger partial charge in [0, 0.05) is 51.7 Å². The highest BCUT2D eigenvalue weighted by Crippen LogP contribution is 2.17. The second-order valence-corrected chi connectivity index (χ2v) is 9.43. The van der Waals surface area contributed by atoms with Crippen LogP contribution in [0.3, 0.4) is 0 Å². The molecule has 0 aliphatic carbocycles. The predicted molar refractivity (Wildman–Crippen MR) is 119 cm³/mol. The second-order valence-electron chi connectivity index (χ2n) is 8.48. The Morgan fingerprint density at radius 2 is 1.97 bits per heavy atom. The maximum atomic E-state index is 12.1.